The maximum atomic E-state index is 6.21. The van der Waals surface area contributed by atoms with Gasteiger partial charge in [0, 0.05) is 23.3 Å². The van der Waals surface area contributed by atoms with Crippen molar-refractivity contribution in [3.8, 4) is 0 Å². The van der Waals surface area contributed by atoms with Crippen LogP contribution in [0.2, 0.25) is 5.02 Å². The number of nitrogens with two attached hydrogens (primary N) is 1. The minimum atomic E-state index is 0.513. The van der Waals surface area contributed by atoms with Crippen molar-refractivity contribution in [2.75, 3.05) is 18.1 Å². The number of hydrogen-bond donors (Lipinski definition) is 1. The molecule has 18 heavy (non-hydrogen) atoms. The second kappa shape index (κ2) is 6.41. The largest absolute Gasteiger partial charge is 0.368 e. The molecule has 1 heterocycles. The van der Waals surface area contributed by atoms with Crippen LogP contribution in [-0.4, -0.2) is 19.2 Å². The molecule has 1 saturated heterocycles. The lowest BCUT2D eigenvalue weighted by atomic mass is 9.98. The Balaban J connectivity index is 2.19. The van der Waals surface area contributed by atoms with E-state index in [1.807, 2.05) is 12.1 Å². The molecule has 0 aromatic heterocycles. The van der Waals surface area contributed by atoms with Gasteiger partial charge in [-0.1, -0.05) is 17.7 Å². The predicted octanol–water partition coefficient (Wildman–Crippen LogP) is 3.29. The second-order valence-electron chi connectivity index (χ2n) is 4.89. The number of halogens is 1. The van der Waals surface area contributed by atoms with Gasteiger partial charge in [-0.05, 0) is 50.3 Å². The Bertz CT molecular complexity index is 397. The van der Waals surface area contributed by atoms with E-state index in [2.05, 4.69) is 17.9 Å². The minimum Gasteiger partial charge on any atom is -0.368 e. The van der Waals surface area contributed by atoms with E-state index in [0.29, 0.717) is 12.6 Å². The molecular weight excluding hydrogens is 248 g/mol. The Morgan fingerprint density at radius 3 is 3.06 bits per heavy atom. The SMILES string of the molecule is Cc1c(Cl)cccc1N1CCCCC1CCON. The maximum Gasteiger partial charge on any atom is 0.0698 e. The Kier molecular flexibility index (Phi) is 4.87. The summed E-state index contributed by atoms with van der Waals surface area (Å²) in [4.78, 5) is 7.19. The van der Waals surface area contributed by atoms with Crippen LogP contribution in [0.5, 0.6) is 0 Å². The molecular formula is C14H21ClN2O. The van der Waals surface area contributed by atoms with Gasteiger partial charge in [-0.3, -0.25) is 0 Å². The highest BCUT2D eigenvalue weighted by Gasteiger charge is 2.23. The zero-order valence-corrected chi connectivity index (χ0v) is 11.6. The van der Waals surface area contributed by atoms with Crippen LogP contribution in [0.3, 0.4) is 0 Å². The lowest BCUT2D eigenvalue weighted by Gasteiger charge is -2.38. The molecule has 0 bridgehead atoms. The number of nitrogens with zero attached hydrogens (tertiary/aromatic N) is 1. The molecule has 0 radical (unpaired) electrons. The van der Waals surface area contributed by atoms with Crippen LogP contribution in [-0.2, 0) is 4.84 Å². The first kappa shape index (κ1) is 13.7. The van der Waals surface area contributed by atoms with Gasteiger partial charge in [-0.15, -0.1) is 0 Å². The molecule has 1 aromatic rings. The molecule has 1 fully saturated rings. The van der Waals surface area contributed by atoms with Gasteiger partial charge < -0.3 is 9.74 Å². The van der Waals surface area contributed by atoms with E-state index in [-0.39, 0.29) is 0 Å². The Morgan fingerprint density at radius 1 is 1.44 bits per heavy atom. The monoisotopic (exact) mass is 268 g/mol. The van der Waals surface area contributed by atoms with E-state index in [0.717, 1.165) is 18.0 Å². The summed E-state index contributed by atoms with van der Waals surface area (Å²) < 4.78 is 0. The molecule has 4 heteroatoms. The van der Waals surface area contributed by atoms with Crippen LogP contribution in [0.15, 0.2) is 18.2 Å². The second-order valence-corrected chi connectivity index (χ2v) is 5.29. The van der Waals surface area contributed by atoms with Gasteiger partial charge in [0.05, 0.1) is 6.61 Å². The lowest BCUT2D eigenvalue weighted by molar-refractivity contribution is 0.127. The summed E-state index contributed by atoms with van der Waals surface area (Å²) in [6.07, 6.45) is 4.70. The predicted molar refractivity (Wildman–Crippen MR) is 75.9 cm³/mol. The van der Waals surface area contributed by atoms with Crippen LogP contribution in [0.1, 0.15) is 31.2 Å². The van der Waals surface area contributed by atoms with Gasteiger partial charge in [0.15, 0.2) is 0 Å². The van der Waals surface area contributed by atoms with Gasteiger partial charge >= 0.3 is 0 Å². The number of hydrogen-bond acceptors (Lipinski definition) is 3. The molecule has 0 spiro atoms. The van der Waals surface area contributed by atoms with Gasteiger partial charge in [0.25, 0.3) is 0 Å². The van der Waals surface area contributed by atoms with Gasteiger partial charge in [0.2, 0.25) is 0 Å². The molecule has 1 atom stereocenters. The summed E-state index contributed by atoms with van der Waals surface area (Å²) in [6.45, 7) is 3.79. The van der Waals surface area contributed by atoms with Crippen molar-refractivity contribution in [3.63, 3.8) is 0 Å². The molecule has 1 aliphatic heterocycles. The molecule has 0 aliphatic carbocycles. The lowest BCUT2D eigenvalue weighted by Crippen LogP contribution is -2.40. The summed E-state index contributed by atoms with van der Waals surface area (Å²) in [5, 5.41) is 0.840. The molecule has 100 valence electrons. The van der Waals surface area contributed by atoms with Crippen LogP contribution in [0, 0.1) is 6.92 Å². The number of benzene rings is 1. The highest BCUT2D eigenvalue weighted by atomic mass is 35.5. The Hall–Kier alpha value is -0.770. The van der Waals surface area contributed by atoms with E-state index >= 15 is 0 Å². The van der Waals surface area contributed by atoms with E-state index in [1.165, 1.54) is 30.5 Å². The molecule has 1 aliphatic rings. The van der Waals surface area contributed by atoms with Crippen LogP contribution in [0.4, 0.5) is 5.69 Å². The van der Waals surface area contributed by atoms with Gasteiger partial charge in [0.1, 0.15) is 0 Å². The van der Waals surface area contributed by atoms with Crippen molar-refractivity contribution in [3.05, 3.63) is 28.8 Å². The minimum absolute atomic E-state index is 0.513. The third-order valence-electron chi connectivity index (χ3n) is 3.74. The fourth-order valence-electron chi connectivity index (χ4n) is 2.73. The first-order chi connectivity index (χ1) is 8.74. The standard InChI is InChI=1S/C14H21ClN2O/c1-11-13(15)6-4-7-14(11)17-9-3-2-5-12(17)8-10-18-16/h4,6-7,12H,2-3,5,8-10,16H2,1H3. The smallest absolute Gasteiger partial charge is 0.0698 e. The zero-order valence-electron chi connectivity index (χ0n) is 10.9. The third kappa shape index (κ3) is 2.97. The summed E-state index contributed by atoms with van der Waals surface area (Å²) in [7, 11) is 0. The van der Waals surface area contributed by atoms with E-state index in [9.17, 15) is 0 Å². The van der Waals surface area contributed by atoms with E-state index < -0.39 is 0 Å². The molecule has 1 aromatic carbocycles. The van der Waals surface area contributed by atoms with Crippen molar-refractivity contribution in [2.45, 2.75) is 38.6 Å². The normalized spacial score (nSPS) is 20.2. The van der Waals surface area contributed by atoms with Crippen molar-refractivity contribution in [2.24, 2.45) is 5.90 Å². The quantitative estimate of drug-likeness (QED) is 0.852. The third-order valence-corrected chi connectivity index (χ3v) is 4.15. The van der Waals surface area contributed by atoms with Crippen molar-refractivity contribution < 1.29 is 4.84 Å². The topological polar surface area (TPSA) is 38.5 Å². The van der Waals surface area contributed by atoms with Crippen molar-refractivity contribution >= 4 is 17.3 Å². The first-order valence-electron chi connectivity index (χ1n) is 6.57. The number of piperidine rings is 1. The van der Waals surface area contributed by atoms with Crippen molar-refractivity contribution in [1.82, 2.24) is 0 Å². The maximum absolute atomic E-state index is 6.21. The van der Waals surface area contributed by atoms with Gasteiger partial charge in [-0.2, -0.15) is 0 Å². The van der Waals surface area contributed by atoms with E-state index in [1.54, 1.807) is 0 Å². The summed E-state index contributed by atoms with van der Waals surface area (Å²) in [5.74, 6) is 5.14. The van der Waals surface area contributed by atoms with Crippen LogP contribution < -0.4 is 10.8 Å². The molecule has 2 N–H and O–H groups in total. The van der Waals surface area contributed by atoms with E-state index in [4.69, 9.17) is 22.3 Å². The Morgan fingerprint density at radius 2 is 2.28 bits per heavy atom. The van der Waals surface area contributed by atoms with Crippen LogP contribution in [0.25, 0.3) is 0 Å². The molecule has 0 saturated carbocycles. The highest BCUT2D eigenvalue weighted by Crippen LogP contribution is 2.32. The first-order valence-corrected chi connectivity index (χ1v) is 6.95. The molecule has 1 unspecified atom stereocenters. The highest BCUT2D eigenvalue weighted by molar-refractivity contribution is 6.31. The number of anilines is 1. The molecule has 2 rings (SSSR count). The van der Waals surface area contributed by atoms with Crippen molar-refractivity contribution in [1.29, 1.82) is 0 Å². The summed E-state index contributed by atoms with van der Waals surface area (Å²) in [5.41, 5.74) is 2.42. The zero-order chi connectivity index (χ0) is 13.0. The molecule has 3 nitrogen and oxygen atoms in total. The summed E-state index contributed by atoms with van der Waals surface area (Å²) >= 11 is 6.21. The Labute approximate surface area is 114 Å². The fourth-order valence-corrected chi connectivity index (χ4v) is 2.90. The summed E-state index contributed by atoms with van der Waals surface area (Å²) in [6, 6.07) is 6.64. The molecule has 0 amide bonds. The fraction of sp³-hybridized carbons (Fsp3) is 0.571. The van der Waals surface area contributed by atoms with Gasteiger partial charge in [-0.25, -0.2) is 5.90 Å². The average molecular weight is 269 g/mol. The number of rotatable bonds is 4. The van der Waals surface area contributed by atoms with Crippen LogP contribution >= 0.6 is 11.6 Å². The average Bonchev–Trinajstić information content (AvgIpc) is 2.40.